The summed E-state index contributed by atoms with van der Waals surface area (Å²) in [5.41, 5.74) is 0.567. The summed E-state index contributed by atoms with van der Waals surface area (Å²) in [5.74, 6) is 0.753. The highest BCUT2D eigenvalue weighted by Crippen LogP contribution is 2.40. The minimum atomic E-state index is 0.567. The number of rotatable bonds is 5. The summed E-state index contributed by atoms with van der Waals surface area (Å²) in [6.07, 6.45) is 5.67. The summed E-state index contributed by atoms with van der Waals surface area (Å²) in [6.45, 7) is 8.24. The molecule has 0 aromatic heterocycles. The average Bonchev–Trinajstić information content (AvgIpc) is 2.65. The third kappa shape index (κ3) is 3.45. The van der Waals surface area contributed by atoms with Crippen LogP contribution in [0.15, 0.2) is 0 Å². The molecule has 1 nitrogen and oxygen atoms in total. The van der Waals surface area contributed by atoms with Gasteiger partial charge in [0.15, 0.2) is 0 Å². The van der Waals surface area contributed by atoms with E-state index in [9.17, 15) is 0 Å². The van der Waals surface area contributed by atoms with E-state index in [4.69, 9.17) is 0 Å². The molecule has 1 rings (SSSR count). The van der Waals surface area contributed by atoms with Gasteiger partial charge in [0.1, 0.15) is 0 Å². The van der Waals surface area contributed by atoms with Gasteiger partial charge in [0.25, 0.3) is 0 Å². The van der Waals surface area contributed by atoms with Crippen molar-refractivity contribution in [3.8, 4) is 0 Å². The molecule has 0 radical (unpaired) electrons. The van der Waals surface area contributed by atoms with Crippen LogP contribution >= 0.6 is 15.9 Å². The van der Waals surface area contributed by atoms with E-state index in [0.29, 0.717) is 11.5 Å². The monoisotopic (exact) mass is 275 g/mol. The van der Waals surface area contributed by atoms with E-state index >= 15 is 0 Å². The Kier molecular flexibility index (Phi) is 5.11. The largest absolute Gasteiger partial charge is 0.303 e. The first-order chi connectivity index (χ1) is 7.01. The Bertz CT molecular complexity index is 185. The van der Waals surface area contributed by atoms with E-state index < -0.39 is 0 Å². The Labute approximate surface area is 104 Å². The van der Waals surface area contributed by atoms with Crippen LogP contribution < -0.4 is 0 Å². The summed E-state index contributed by atoms with van der Waals surface area (Å²) in [5, 5.41) is 1.18. The number of halogens is 1. The van der Waals surface area contributed by atoms with Crippen molar-refractivity contribution in [2.75, 3.05) is 18.9 Å². The molecule has 1 fully saturated rings. The Morgan fingerprint density at radius 1 is 1.20 bits per heavy atom. The zero-order chi connectivity index (χ0) is 11.5. The maximum Gasteiger partial charge on any atom is 0.0100 e. The topological polar surface area (TPSA) is 3.24 Å². The number of alkyl halides is 1. The molecular formula is C13H26BrN. The summed E-state index contributed by atoms with van der Waals surface area (Å²) >= 11 is 3.72. The second-order valence-corrected chi connectivity index (χ2v) is 6.30. The van der Waals surface area contributed by atoms with Crippen molar-refractivity contribution >= 4 is 15.9 Å². The highest BCUT2D eigenvalue weighted by molar-refractivity contribution is 9.09. The molecule has 0 aromatic carbocycles. The van der Waals surface area contributed by atoms with Crippen LogP contribution in [-0.2, 0) is 0 Å². The van der Waals surface area contributed by atoms with Crippen LogP contribution in [-0.4, -0.2) is 29.9 Å². The van der Waals surface area contributed by atoms with Gasteiger partial charge in [0.2, 0.25) is 0 Å². The molecular weight excluding hydrogens is 250 g/mol. The van der Waals surface area contributed by atoms with Crippen LogP contribution in [0.3, 0.4) is 0 Å². The lowest BCUT2D eigenvalue weighted by Gasteiger charge is -2.36. The number of nitrogens with zero attached hydrogens (tertiary/aromatic N) is 1. The fraction of sp³-hybridized carbons (Fsp3) is 1.00. The quantitative estimate of drug-likeness (QED) is 0.688. The lowest BCUT2D eigenvalue weighted by atomic mass is 9.87. The molecule has 0 aromatic rings. The van der Waals surface area contributed by atoms with Gasteiger partial charge in [-0.1, -0.05) is 42.6 Å². The van der Waals surface area contributed by atoms with Crippen LogP contribution in [0.2, 0.25) is 0 Å². The van der Waals surface area contributed by atoms with E-state index in [1.165, 1.54) is 37.6 Å². The van der Waals surface area contributed by atoms with Gasteiger partial charge in [-0.15, -0.1) is 0 Å². The van der Waals surface area contributed by atoms with Crippen molar-refractivity contribution in [1.82, 2.24) is 4.90 Å². The molecule has 1 atom stereocenters. The first-order valence-electron chi connectivity index (χ1n) is 6.27. The van der Waals surface area contributed by atoms with Crippen LogP contribution in [0.25, 0.3) is 0 Å². The fourth-order valence-electron chi connectivity index (χ4n) is 2.64. The predicted octanol–water partition coefficient (Wildman–Crippen LogP) is 3.92. The second kappa shape index (κ2) is 5.67. The standard InChI is InChI=1S/C13H26BrN/c1-11(2)12(3)15(4)10-13(9-14)7-5-6-8-13/h11-12H,5-10H2,1-4H3. The van der Waals surface area contributed by atoms with Crippen LogP contribution in [0.5, 0.6) is 0 Å². The zero-order valence-corrected chi connectivity index (χ0v) is 12.3. The molecule has 0 saturated heterocycles. The molecule has 0 spiro atoms. The van der Waals surface area contributed by atoms with E-state index in [1.54, 1.807) is 0 Å². The van der Waals surface area contributed by atoms with E-state index in [2.05, 4.69) is 48.6 Å². The second-order valence-electron chi connectivity index (χ2n) is 5.74. The van der Waals surface area contributed by atoms with Gasteiger partial charge in [-0.05, 0) is 38.1 Å². The fourth-order valence-corrected chi connectivity index (χ4v) is 3.38. The zero-order valence-electron chi connectivity index (χ0n) is 10.7. The van der Waals surface area contributed by atoms with Gasteiger partial charge >= 0.3 is 0 Å². The van der Waals surface area contributed by atoms with Crippen molar-refractivity contribution in [3.63, 3.8) is 0 Å². The molecule has 2 heteroatoms. The van der Waals surface area contributed by atoms with Crippen molar-refractivity contribution in [2.24, 2.45) is 11.3 Å². The van der Waals surface area contributed by atoms with Gasteiger partial charge in [-0.25, -0.2) is 0 Å². The first kappa shape index (κ1) is 13.5. The lowest BCUT2D eigenvalue weighted by molar-refractivity contribution is 0.137. The van der Waals surface area contributed by atoms with Crippen LogP contribution in [0.1, 0.15) is 46.5 Å². The normalized spacial score (nSPS) is 22.6. The van der Waals surface area contributed by atoms with Gasteiger partial charge in [-0.2, -0.15) is 0 Å². The van der Waals surface area contributed by atoms with Crippen molar-refractivity contribution in [1.29, 1.82) is 0 Å². The molecule has 0 N–H and O–H groups in total. The molecule has 15 heavy (non-hydrogen) atoms. The summed E-state index contributed by atoms with van der Waals surface area (Å²) in [7, 11) is 2.29. The minimum Gasteiger partial charge on any atom is -0.303 e. The predicted molar refractivity (Wildman–Crippen MR) is 71.6 cm³/mol. The first-order valence-corrected chi connectivity index (χ1v) is 7.39. The molecule has 90 valence electrons. The maximum atomic E-state index is 3.72. The average molecular weight is 276 g/mol. The smallest absolute Gasteiger partial charge is 0.0100 e. The molecule has 1 aliphatic rings. The molecule has 0 bridgehead atoms. The van der Waals surface area contributed by atoms with Gasteiger partial charge < -0.3 is 4.90 Å². The van der Waals surface area contributed by atoms with Crippen molar-refractivity contribution in [2.45, 2.75) is 52.5 Å². The third-order valence-electron chi connectivity index (χ3n) is 4.19. The number of hydrogen-bond acceptors (Lipinski definition) is 1. The molecule has 1 unspecified atom stereocenters. The maximum absolute atomic E-state index is 3.72. The van der Waals surface area contributed by atoms with Gasteiger partial charge in [-0.3, -0.25) is 0 Å². The minimum absolute atomic E-state index is 0.567. The number of hydrogen-bond donors (Lipinski definition) is 0. The Morgan fingerprint density at radius 3 is 2.13 bits per heavy atom. The van der Waals surface area contributed by atoms with Crippen LogP contribution in [0.4, 0.5) is 0 Å². The SMILES string of the molecule is CC(C)C(C)N(C)CC1(CBr)CCCC1. The summed E-state index contributed by atoms with van der Waals surface area (Å²) < 4.78 is 0. The molecule has 1 aliphatic carbocycles. The lowest BCUT2D eigenvalue weighted by Crippen LogP contribution is -2.41. The van der Waals surface area contributed by atoms with Crippen molar-refractivity contribution < 1.29 is 0 Å². The van der Waals surface area contributed by atoms with E-state index in [-0.39, 0.29) is 0 Å². The van der Waals surface area contributed by atoms with E-state index in [0.717, 1.165) is 5.92 Å². The Balaban J connectivity index is 2.51. The molecule has 1 saturated carbocycles. The summed E-state index contributed by atoms with van der Waals surface area (Å²) in [4.78, 5) is 2.55. The molecule has 0 heterocycles. The third-order valence-corrected chi connectivity index (χ3v) is 5.38. The van der Waals surface area contributed by atoms with Crippen molar-refractivity contribution in [3.05, 3.63) is 0 Å². The van der Waals surface area contributed by atoms with Crippen LogP contribution in [0, 0.1) is 11.3 Å². The molecule has 0 amide bonds. The van der Waals surface area contributed by atoms with Gasteiger partial charge in [0.05, 0.1) is 0 Å². The van der Waals surface area contributed by atoms with Gasteiger partial charge in [0, 0.05) is 17.9 Å². The Hall–Kier alpha value is 0.440. The van der Waals surface area contributed by atoms with E-state index in [1.807, 2.05) is 0 Å². The molecule has 0 aliphatic heterocycles. The highest BCUT2D eigenvalue weighted by atomic mass is 79.9. The summed E-state index contributed by atoms with van der Waals surface area (Å²) in [6, 6.07) is 0.696. The Morgan fingerprint density at radius 2 is 1.73 bits per heavy atom. The highest BCUT2D eigenvalue weighted by Gasteiger charge is 2.34.